The van der Waals surface area contributed by atoms with Crippen molar-refractivity contribution in [2.45, 2.75) is 50.2 Å². The minimum absolute atomic E-state index is 0.0831. The first-order valence-corrected chi connectivity index (χ1v) is 23.0. The summed E-state index contributed by atoms with van der Waals surface area (Å²) in [5.74, 6) is -2.02. The highest BCUT2D eigenvalue weighted by Gasteiger charge is 2.39. The Morgan fingerprint density at radius 3 is 1.68 bits per heavy atom. The Kier molecular flexibility index (Phi) is 13.2. The second-order valence-corrected chi connectivity index (χ2v) is 18.2. The van der Waals surface area contributed by atoms with E-state index in [9.17, 15) is 27.6 Å². The molecule has 2 atom stereocenters. The molecule has 4 amide bonds. The molecule has 0 saturated carbocycles. The number of imide groups is 2. The Morgan fingerprint density at radius 1 is 0.603 bits per heavy atom. The first-order chi connectivity index (χ1) is 30.5. The monoisotopic (exact) mass is 877 g/mol. The SMILES string of the molecule is COCCOCC(C)OCC(C)N1C(=O)c2ccc3c4ccc5c6c(ccc(c7ccc(c2c37)C1=O)c64)C(=O)N(c1ccc(S(=O)(=O)CCNCCCOCCCCO)cc1)C5=O. The van der Waals surface area contributed by atoms with Gasteiger partial charge in [-0.3, -0.25) is 24.1 Å². The number of hydrogen-bond acceptors (Lipinski definition) is 12. The van der Waals surface area contributed by atoms with Crippen molar-refractivity contribution in [1.82, 2.24) is 10.2 Å². The second-order valence-electron chi connectivity index (χ2n) is 16.1. The maximum Gasteiger partial charge on any atom is 0.265 e. The number of rotatable bonds is 22. The van der Waals surface area contributed by atoms with E-state index in [1.165, 1.54) is 29.2 Å². The summed E-state index contributed by atoms with van der Waals surface area (Å²) in [6.45, 7) is 7.15. The predicted molar refractivity (Wildman–Crippen MR) is 240 cm³/mol. The lowest BCUT2D eigenvalue weighted by Crippen LogP contribution is -2.48. The van der Waals surface area contributed by atoms with Crippen LogP contribution in [-0.4, -0.2) is 126 Å². The number of anilines is 1. The fraction of sp³-hybridized carbons (Fsp3) is 0.375. The van der Waals surface area contributed by atoms with E-state index in [0.29, 0.717) is 79.0 Å². The van der Waals surface area contributed by atoms with E-state index < -0.39 is 39.5 Å². The second kappa shape index (κ2) is 18.8. The molecule has 0 bridgehead atoms. The number of nitrogens with zero attached hydrogens (tertiary/aromatic N) is 2. The molecule has 15 heteroatoms. The van der Waals surface area contributed by atoms with Crippen molar-refractivity contribution in [2.24, 2.45) is 0 Å². The first kappa shape index (κ1) is 44.2. The molecule has 2 unspecified atom stereocenters. The van der Waals surface area contributed by atoms with Crippen LogP contribution in [0, 0.1) is 0 Å². The Bertz CT molecular complexity index is 2710. The molecule has 330 valence electrons. The highest BCUT2D eigenvalue weighted by atomic mass is 32.2. The van der Waals surface area contributed by atoms with Crippen LogP contribution in [0.25, 0.3) is 43.1 Å². The number of unbranched alkanes of at least 4 members (excludes halogenated alkanes) is 1. The zero-order chi connectivity index (χ0) is 44.4. The van der Waals surface area contributed by atoms with Crippen LogP contribution in [0.15, 0.2) is 77.7 Å². The molecule has 6 aromatic carbocycles. The number of carbonyl (C=O) groups excluding carboxylic acids is 4. The lowest BCUT2D eigenvalue weighted by atomic mass is 9.82. The number of ether oxygens (including phenoxy) is 4. The summed E-state index contributed by atoms with van der Waals surface area (Å²) in [5.41, 5.74) is 1.70. The van der Waals surface area contributed by atoms with Crippen LogP contribution < -0.4 is 10.2 Å². The van der Waals surface area contributed by atoms with Gasteiger partial charge in [0, 0.05) is 66.5 Å². The molecule has 6 aromatic rings. The number of amides is 4. The van der Waals surface area contributed by atoms with E-state index in [1.54, 1.807) is 38.3 Å². The molecular formula is C48H51N3O11S. The zero-order valence-corrected chi connectivity index (χ0v) is 36.4. The van der Waals surface area contributed by atoms with Crippen molar-refractivity contribution in [2.75, 3.05) is 77.1 Å². The standard InChI is InChI=1S/C48H51N3O11S/c1-29(27-62-30(2)28-61-25-24-59-3)50-45(53)37-15-11-33-35-13-17-39-44-40(18-14-36(42(35)44)34-12-16-38(46(50)54)43(37)41(33)34)48(56)51(47(39)55)31-7-9-32(10-8-31)63(57,58)26-20-49-19-6-23-60-22-5-4-21-52/h7-18,29-30,49,52H,4-6,19-28H2,1-3H3. The van der Waals surface area contributed by atoms with Crippen LogP contribution in [0.2, 0.25) is 0 Å². The van der Waals surface area contributed by atoms with E-state index in [2.05, 4.69) is 5.32 Å². The van der Waals surface area contributed by atoms with Crippen LogP contribution in [-0.2, 0) is 28.8 Å². The van der Waals surface area contributed by atoms with Gasteiger partial charge < -0.3 is 29.4 Å². The van der Waals surface area contributed by atoms with Crippen molar-refractivity contribution < 1.29 is 51.6 Å². The highest BCUT2D eigenvalue weighted by Crippen LogP contribution is 2.46. The van der Waals surface area contributed by atoms with Crippen LogP contribution >= 0.6 is 0 Å². The minimum atomic E-state index is -3.65. The summed E-state index contributed by atoms with van der Waals surface area (Å²) >= 11 is 0. The van der Waals surface area contributed by atoms with E-state index in [0.717, 1.165) is 50.1 Å². The van der Waals surface area contributed by atoms with Gasteiger partial charge in [0.2, 0.25) is 0 Å². The summed E-state index contributed by atoms with van der Waals surface area (Å²) in [7, 11) is -2.05. The molecule has 2 N–H and O–H groups in total. The molecule has 0 saturated heterocycles. The van der Waals surface area contributed by atoms with E-state index in [1.807, 2.05) is 31.2 Å². The summed E-state index contributed by atoms with van der Waals surface area (Å²) in [4.78, 5) is 59.3. The van der Waals surface area contributed by atoms with E-state index >= 15 is 0 Å². The Hall–Kier alpha value is -5.39. The van der Waals surface area contributed by atoms with Crippen LogP contribution in [0.5, 0.6) is 0 Å². The molecular weight excluding hydrogens is 827 g/mol. The number of fused-ring (bicyclic) bond motifs is 2. The molecule has 2 heterocycles. The van der Waals surface area contributed by atoms with Crippen molar-refractivity contribution in [3.05, 3.63) is 95.1 Å². The van der Waals surface area contributed by atoms with Crippen LogP contribution in [0.1, 0.15) is 74.5 Å². The van der Waals surface area contributed by atoms with Gasteiger partial charge in [0.25, 0.3) is 23.6 Å². The molecule has 0 spiro atoms. The lowest BCUT2D eigenvalue weighted by molar-refractivity contribution is -0.0312. The van der Waals surface area contributed by atoms with Crippen molar-refractivity contribution in [1.29, 1.82) is 0 Å². The number of benzene rings is 6. The minimum Gasteiger partial charge on any atom is -0.396 e. The lowest BCUT2D eigenvalue weighted by Gasteiger charge is -2.33. The third-order valence-corrected chi connectivity index (χ3v) is 13.6. The largest absolute Gasteiger partial charge is 0.396 e. The molecule has 2 aliphatic rings. The number of hydrogen-bond donors (Lipinski definition) is 2. The number of sulfone groups is 1. The number of carbonyl (C=O) groups is 4. The Morgan fingerprint density at radius 2 is 1.14 bits per heavy atom. The fourth-order valence-electron chi connectivity index (χ4n) is 8.71. The van der Waals surface area contributed by atoms with E-state index in [-0.39, 0.29) is 42.2 Å². The molecule has 0 aromatic heterocycles. The summed E-state index contributed by atoms with van der Waals surface area (Å²) < 4.78 is 48.4. The van der Waals surface area contributed by atoms with Gasteiger partial charge in [0.1, 0.15) is 0 Å². The average molecular weight is 878 g/mol. The van der Waals surface area contributed by atoms with Crippen molar-refractivity contribution in [3.63, 3.8) is 0 Å². The van der Waals surface area contributed by atoms with Crippen LogP contribution in [0.3, 0.4) is 0 Å². The zero-order valence-electron chi connectivity index (χ0n) is 35.6. The van der Waals surface area contributed by atoms with Crippen LogP contribution in [0.4, 0.5) is 5.69 Å². The Balaban J connectivity index is 1.03. The topological polar surface area (TPSA) is 178 Å². The third kappa shape index (κ3) is 8.30. The number of aliphatic hydroxyl groups excluding tert-OH is 1. The number of aliphatic hydroxyl groups is 1. The van der Waals surface area contributed by atoms with Gasteiger partial charge in [0.05, 0.1) is 54.9 Å². The maximum atomic E-state index is 14.3. The molecule has 2 aliphatic heterocycles. The summed E-state index contributed by atoms with van der Waals surface area (Å²) in [5, 5.41) is 17.6. The highest BCUT2D eigenvalue weighted by molar-refractivity contribution is 7.91. The summed E-state index contributed by atoms with van der Waals surface area (Å²) in [6.07, 6.45) is 1.96. The number of methoxy groups -OCH3 is 1. The smallest absolute Gasteiger partial charge is 0.265 e. The predicted octanol–water partition coefficient (Wildman–Crippen LogP) is 6.13. The molecule has 0 fully saturated rings. The first-order valence-electron chi connectivity index (χ1n) is 21.4. The summed E-state index contributed by atoms with van der Waals surface area (Å²) in [6, 6.07) is 19.6. The van der Waals surface area contributed by atoms with Gasteiger partial charge in [-0.05, 0) is 121 Å². The van der Waals surface area contributed by atoms with Gasteiger partial charge >= 0.3 is 0 Å². The van der Waals surface area contributed by atoms with Gasteiger partial charge in [-0.25, -0.2) is 13.3 Å². The molecule has 63 heavy (non-hydrogen) atoms. The average Bonchev–Trinajstić information content (AvgIpc) is 3.28. The molecule has 14 nitrogen and oxygen atoms in total. The van der Waals surface area contributed by atoms with Crippen molar-refractivity contribution in [3.8, 4) is 0 Å². The normalized spacial score (nSPS) is 15.2. The van der Waals surface area contributed by atoms with Gasteiger partial charge in [0.15, 0.2) is 9.84 Å². The molecule has 8 rings (SSSR count). The third-order valence-electron chi connectivity index (χ3n) is 11.9. The number of nitrogens with one attached hydrogen (secondary N) is 1. The molecule has 0 radical (unpaired) electrons. The fourth-order valence-corrected chi connectivity index (χ4v) is 9.91. The van der Waals surface area contributed by atoms with E-state index in [4.69, 9.17) is 24.1 Å². The van der Waals surface area contributed by atoms with Gasteiger partial charge in [-0.1, -0.05) is 24.3 Å². The van der Waals surface area contributed by atoms with Gasteiger partial charge in [-0.15, -0.1) is 0 Å². The van der Waals surface area contributed by atoms with Crippen molar-refractivity contribution >= 4 is 82.2 Å². The Labute approximate surface area is 365 Å². The quantitative estimate of drug-likeness (QED) is 0.0346. The van der Waals surface area contributed by atoms with Gasteiger partial charge in [-0.2, -0.15) is 0 Å². The maximum absolute atomic E-state index is 14.3. The molecule has 0 aliphatic carbocycles.